The van der Waals surface area contributed by atoms with Gasteiger partial charge in [-0.3, -0.25) is 14.4 Å². The van der Waals surface area contributed by atoms with E-state index in [1.807, 2.05) is 0 Å². The fourth-order valence-corrected chi connectivity index (χ4v) is 2.05. The maximum atomic E-state index is 11.8. The third-order valence-electron chi connectivity index (χ3n) is 3.02. The van der Waals surface area contributed by atoms with E-state index in [4.69, 9.17) is 4.74 Å². The van der Waals surface area contributed by atoms with E-state index in [1.165, 1.54) is 4.90 Å². The summed E-state index contributed by atoms with van der Waals surface area (Å²) in [5.74, 6) is -1.46. The van der Waals surface area contributed by atoms with Gasteiger partial charge in [0.15, 0.2) is 0 Å². The maximum absolute atomic E-state index is 11.8. The molecule has 0 aromatic heterocycles. The molecule has 0 unspecified atom stereocenters. The summed E-state index contributed by atoms with van der Waals surface area (Å²) in [4.78, 5) is 36.5. The third kappa shape index (κ3) is 4.54. The average molecular weight is 270 g/mol. The molecule has 0 aliphatic carbocycles. The van der Waals surface area contributed by atoms with Crippen LogP contribution >= 0.6 is 0 Å². The molecule has 0 bridgehead atoms. The highest BCUT2D eigenvalue weighted by Gasteiger charge is 2.30. The number of esters is 1. The average Bonchev–Trinajstić information content (AvgIpc) is 2.37. The highest BCUT2D eigenvalue weighted by atomic mass is 16.5. The van der Waals surface area contributed by atoms with Gasteiger partial charge >= 0.3 is 17.8 Å². The first-order chi connectivity index (χ1) is 8.95. The lowest BCUT2D eigenvalue weighted by Crippen LogP contribution is -2.48. The minimum absolute atomic E-state index is 0.0616. The highest BCUT2D eigenvalue weighted by molar-refractivity contribution is 6.35. The molecule has 1 heterocycles. The number of ether oxygens (including phenoxy) is 1. The Balaban J connectivity index is 2.43. The van der Waals surface area contributed by atoms with Crippen molar-refractivity contribution in [3.63, 3.8) is 0 Å². The second kappa shape index (κ2) is 7.11. The number of piperidine rings is 1. The first kappa shape index (κ1) is 15.5. The molecule has 1 saturated heterocycles. The number of amides is 2. The fourth-order valence-electron chi connectivity index (χ4n) is 2.05. The Morgan fingerprint density at radius 1 is 1.26 bits per heavy atom. The Hall–Kier alpha value is -1.59. The number of likely N-dealkylation sites (tertiary alicyclic amines) is 1. The van der Waals surface area contributed by atoms with Gasteiger partial charge in [-0.15, -0.1) is 0 Å². The monoisotopic (exact) mass is 270 g/mol. The van der Waals surface area contributed by atoms with Crippen molar-refractivity contribution in [1.82, 2.24) is 10.2 Å². The summed E-state index contributed by atoms with van der Waals surface area (Å²) in [6.45, 7) is 6.60. The minimum atomic E-state index is -0.579. The number of hydrogen-bond acceptors (Lipinski definition) is 4. The Labute approximate surface area is 113 Å². The molecule has 0 radical (unpaired) electrons. The molecule has 108 valence electrons. The van der Waals surface area contributed by atoms with Crippen LogP contribution in [-0.2, 0) is 19.1 Å². The molecule has 0 spiro atoms. The zero-order chi connectivity index (χ0) is 14.4. The van der Waals surface area contributed by atoms with Crippen molar-refractivity contribution in [2.75, 3.05) is 19.7 Å². The Morgan fingerprint density at radius 3 is 2.32 bits per heavy atom. The summed E-state index contributed by atoms with van der Waals surface area (Å²) in [5, 5.41) is 2.57. The predicted octanol–water partition coefficient (Wildman–Crippen LogP) is 0.313. The lowest BCUT2D eigenvalue weighted by molar-refractivity contribution is -0.152. The van der Waals surface area contributed by atoms with Gasteiger partial charge in [0.1, 0.15) is 0 Å². The number of rotatable bonds is 3. The van der Waals surface area contributed by atoms with Crippen molar-refractivity contribution < 1.29 is 19.1 Å². The van der Waals surface area contributed by atoms with E-state index in [0.29, 0.717) is 32.5 Å². The molecule has 2 amide bonds. The summed E-state index contributed by atoms with van der Waals surface area (Å²) >= 11 is 0. The van der Waals surface area contributed by atoms with Crippen LogP contribution in [0.15, 0.2) is 0 Å². The molecule has 6 nitrogen and oxygen atoms in total. The van der Waals surface area contributed by atoms with Crippen molar-refractivity contribution in [3.05, 3.63) is 0 Å². The van der Waals surface area contributed by atoms with Crippen molar-refractivity contribution in [3.8, 4) is 0 Å². The summed E-state index contributed by atoms with van der Waals surface area (Å²) < 4.78 is 4.96. The van der Waals surface area contributed by atoms with Crippen LogP contribution in [0.1, 0.15) is 33.6 Å². The van der Waals surface area contributed by atoms with Gasteiger partial charge in [-0.05, 0) is 33.6 Å². The normalized spacial score (nSPS) is 16.3. The number of carbonyl (C=O) groups is 3. The van der Waals surface area contributed by atoms with Gasteiger partial charge in [0, 0.05) is 19.1 Å². The van der Waals surface area contributed by atoms with Gasteiger partial charge in [0.2, 0.25) is 0 Å². The number of hydrogen-bond donors (Lipinski definition) is 1. The molecule has 1 aliphatic heterocycles. The van der Waals surface area contributed by atoms with Crippen LogP contribution in [0.3, 0.4) is 0 Å². The largest absolute Gasteiger partial charge is 0.466 e. The third-order valence-corrected chi connectivity index (χ3v) is 3.02. The Kier molecular flexibility index (Phi) is 5.79. The molecule has 19 heavy (non-hydrogen) atoms. The Morgan fingerprint density at radius 2 is 1.84 bits per heavy atom. The van der Waals surface area contributed by atoms with Crippen LogP contribution in [-0.4, -0.2) is 48.4 Å². The summed E-state index contributed by atoms with van der Waals surface area (Å²) in [5.41, 5.74) is 0. The van der Waals surface area contributed by atoms with Gasteiger partial charge in [0.25, 0.3) is 0 Å². The Bertz CT molecular complexity index is 347. The topological polar surface area (TPSA) is 75.7 Å². The molecule has 1 fully saturated rings. The van der Waals surface area contributed by atoms with E-state index in [9.17, 15) is 14.4 Å². The van der Waals surface area contributed by atoms with Crippen molar-refractivity contribution >= 4 is 17.8 Å². The second-order valence-corrected chi connectivity index (χ2v) is 4.95. The number of nitrogens with one attached hydrogen (secondary N) is 1. The molecule has 1 rings (SSSR count). The van der Waals surface area contributed by atoms with Crippen LogP contribution < -0.4 is 5.32 Å². The van der Waals surface area contributed by atoms with E-state index in [0.717, 1.165) is 0 Å². The van der Waals surface area contributed by atoms with Gasteiger partial charge in [-0.25, -0.2) is 0 Å². The molecule has 1 N–H and O–H groups in total. The van der Waals surface area contributed by atoms with E-state index in [2.05, 4.69) is 5.32 Å². The minimum Gasteiger partial charge on any atom is -0.466 e. The highest BCUT2D eigenvalue weighted by Crippen LogP contribution is 2.18. The van der Waals surface area contributed by atoms with E-state index in [1.54, 1.807) is 20.8 Å². The SMILES string of the molecule is CCOC(=O)C1CCN(C(=O)C(=O)NC(C)C)CC1. The number of nitrogens with zero attached hydrogens (tertiary/aromatic N) is 1. The van der Waals surface area contributed by atoms with Crippen molar-refractivity contribution in [2.45, 2.75) is 39.7 Å². The summed E-state index contributed by atoms with van der Waals surface area (Å²) in [6.07, 6.45) is 1.11. The lowest BCUT2D eigenvalue weighted by Gasteiger charge is -2.30. The van der Waals surface area contributed by atoms with Crippen molar-refractivity contribution in [1.29, 1.82) is 0 Å². The molecule has 0 atom stereocenters. The first-order valence-electron chi connectivity index (χ1n) is 6.72. The molecule has 0 aromatic carbocycles. The van der Waals surface area contributed by atoms with Gasteiger partial charge in [-0.1, -0.05) is 0 Å². The first-order valence-corrected chi connectivity index (χ1v) is 6.72. The van der Waals surface area contributed by atoms with Crippen molar-refractivity contribution in [2.24, 2.45) is 5.92 Å². The molecule has 1 aliphatic rings. The van der Waals surface area contributed by atoms with Gasteiger partial charge in [-0.2, -0.15) is 0 Å². The zero-order valence-electron chi connectivity index (χ0n) is 11.8. The molecule has 6 heteroatoms. The molecule has 0 aromatic rings. The molecular formula is C13H22N2O4. The van der Waals surface area contributed by atoms with Crippen LogP contribution in [0.2, 0.25) is 0 Å². The molecular weight excluding hydrogens is 248 g/mol. The van der Waals surface area contributed by atoms with E-state index >= 15 is 0 Å². The number of carbonyl (C=O) groups excluding carboxylic acids is 3. The van der Waals surface area contributed by atoms with E-state index < -0.39 is 11.8 Å². The van der Waals surface area contributed by atoms with Gasteiger partial charge < -0.3 is 15.0 Å². The quantitative estimate of drug-likeness (QED) is 0.591. The summed E-state index contributed by atoms with van der Waals surface area (Å²) in [6, 6.07) is -0.0616. The van der Waals surface area contributed by atoms with Gasteiger partial charge in [0.05, 0.1) is 12.5 Å². The standard InChI is InChI=1S/C13H22N2O4/c1-4-19-13(18)10-5-7-15(8-6-10)12(17)11(16)14-9(2)3/h9-10H,4-8H2,1-3H3,(H,14,16). The van der Waals surface area contributed by atoms with Crippen LogP contribution in [0.4, 0.5) is 0 Å². The van der Waals surface area contributed by atoms with Crippen LogP contribution in [0.25, 0.3) is 0 Å². The van der Waals surface area contributed by atoms with Crippen LogP contribution in [0.5, 0.6) is 0 Å². The fraction of sp³-hybridized carbons (Fsp3) is 0.769. The van der Waals surface area contributed by atoms with E-state index in [-0.39, 0.29) is 17.9 Å². The smallest absolute Gasteiger partial charge is 0.311 e. The predicted molar refractivity (Wildman–Crippen MR) is 69.2 cm³/mol. The molecule has 0 saturated carbocycles. The lowest BCUT2D eigenvalue weighted by atomic mass is 9.97. The van der Waals surface area contributed by atoms with Crippen LogP contribution in [0, 0.1) is 5.92 Å². The summed E-state index contributed by atoms with van der Waals surface area (Å²) in [7, 11) is 0. The maximum Gasteiger partial charge on any atom is 0.311 e. The second-order valence-electron chi connectivity index (χ2n) is 4.95. The zero-order valence-corrected chi connectivity index (χ0v) is 11.8.